The first-order valence-electron chi connectivity index (χ1n) is 6.98. The molecule has 4 nitrogen and oxygen atoms in total. The Labute approximate surface area is 132 Å². The summed E-state index contributed by atoms with van der Waals surface area (Å²) in [4.78, 5) is 15.9. The monoisotopic (exact) mass is 318 g/mol. The van der Waals surface area contributed by atoms with E-state index < -0.39 is 12.7 Å². The Morgan fingerprint density at radius 1 is 1.26 bits per heavy atom. The van der Waals surface area contributed by atoms with Crippen LogP contribution >= 0.6 is 0 Å². The van der Waals surface area contributed by atoms with E-state index in [1.807, 2.05) is 6.07 Å². The van der Waals surface area contributed by atoms with E-state index in [1.165, 1.54) is 12.1 Å². The fourth-order valence-corrected chi connectivity index (χ4v) is 2.03. The molecule has 0 saturated heterocycles. The number of alkyl halides is 2. The number of carbonyl (C=O) groups excluding carboxylic acids is 1. The Balaban J connectivity index is 2.03. The number of para-hydroxylation sites is 1. The van der Waals surface area contributed by atoms with Gasteiger partial charge in [0.15, 0.2) is 0 Å². The first-order valence-corrected chi connectivity index (χ1v) is 6.98. The highest BCUT2D eigenvalue weighted by atomic mass is 19.3. The SMILES string of the molecule is CC(NC(=O)/C=C/c1cccnc1)c1ccccc1OC(F)F. The van der Waals surface area contributed by atoms with Crippen LogP contribution in [0.15, 0.2) is 54.9 Å². The molecular weight excluding hydrogens is 302 g/mol. The van der Waals surface area contributed by atoms with Crippen LogP contribution in [0.2, 0.25) is 0 Å². The quantitative estimate of drug-likeness (QED) is 0.828. The van der Waals surface area contributed by atoms with Crippen LogP contribution in [0.4, 0.5) is 8.78 Å². The van der Waals surface area contributed by atoms with E-state index >= 15 is 0 Å². The van der Waals surface area contributed by atoms with Gasteiger partial charge in [0.05, 0.1) is 6.04 Å². The first-order chi connectivity index (χ1) is 11.1. The third-order valence-corrected chi connectivity index (χ3v) is 3.07. The van der Waals surface area contributed by atoms with E-state index in [2.05, 4.69) is 15.0 Å². The van der Waals surface area contributed by atoms with Gasteiger partial charge in [-0.05, 0) is 30.7 Å². The molecule has 1 unspecified atom stereocenters. The second-order valence-electron chi connectivity index (χ2n) is 4.77. The molecule has 1 aromatic carbocycles. The number of hydrogen-bond donors (Lipinski definition) is 1. The molecule has 1 amide bonds. The number of rotatable bonds is 6. The lowest BCUT2D eigenvalue weighted by Crippen LogP contribution is -2.25. The summed E-state index contributed by atoms with van der Waals surface area (Å²) < 4.78 is 29.3. The lowest BCUT2D eigenvalue weighted by molar-refractivity contribution is -0.117. The molecule has 120 valence electrons. The van der Waals surface area contributed by atoms with Crippen molar-refractivity contribution in [2.75, 3.05) is 0 Å². The van der Waals surface area contributed by atoms with Crippen LogP contribution in [0.5, 0.6) is 5.75 Å². The number of nitrogens with zero attached hydrogens (tertiary/aromatic N) is 1. The zero-order valence-corrected chi connectivity index (χ0v) is 12.4. The predicted octanol–water partition coefficient (Wildman–Crippen LogP) is 3.57. The number of ether oxygens (including phenoxy) is 1. The molecule has 0 fully saturated rings. The number of amides is 1. The molecule has 0 aliphatic rings. The maximum Gasteiger partial charge on any atom is 0.387 e. The molecule has 1 N–H and O–H groups in total. The van der Waals surface area contributed by atoms with Crippen molar-refractivity contribution < 1.29 is 18.3 Å². The van der Waals surface area contributed by atoms with Gasteiger partial charge in [0.25, 0.3) is 0 Å². The first kappa shape index (κ1) is 16.6. The van der Waals surface area contributed by atoms with Gasteiger partial charge in [-0.15, -0.1) is 0 Å². The Morgan fingerprint density at radius 2 is 2.04 bits per heavy atom. The number of pyridine rings is 1. The van der Waals surface area contributed by atoms with Crippen LogP contribution in [-0.4, -0.2) is 17.5 Å². The zero-order chi connectivity index (χ0) is 16.7. The van der Waals surface area contributed by atoms with Crippen LogP contribution in [0.3, 0.4) is 0 Å². The van der Waals surface area contributed by atoms with Gasteiger partial charge in [-0.1, -0.05) is 24.3 Å². The third kappa shape index (κ3) is 5.18. The standard InChI is InChI=1S/C17H16F2N2O2/c1-12(14-6-2-3-7-15(14)23-17(18)19)21-16(22)9-8-13-5-4-10-20-11-13/h2-12,17H,1H3,(H,21,22)/b9-8+. The molecule has 0 saturated carbocycles. The average molecular weight is 318 g/mol. The maximum absolute atomic E-state index is 12.4. The van der Waals surface area contributed by atoms with Gasteiger partial charge in [0, 0.05) is 24.0 Å². The van der Waals surface area contributed by atoms with Crippen molar-refractivity contribution in [3.63, 3.8) is 0 Å². The minimum Gasteiger partial charge on any atom is -0.434 e. The lowest BCUT2D eigenvalue weighted by Gasteiger charge is -2.17. The second kappa shape index (κ2) is 8.03. The summed E-state index contributed by atoms with van der Waals surface area (Å²) in [6.07, 6.45) is 6.25. The van der Waals surface area contributed by atoms with Crippen LogP contribution in [0.25, 0.3) is 6.08 Å². The molecule has 0 spiro atoms. The van der Waals surface area contributed by atoms with E-state index in [1.54, 1.807) is 49.7 Å². The summed E-state index contributed by atoms with van der Waals surface area (Å²) >= 11 is 0. The molecule has 23 heavy (non-hydrogen) atoms. The van der Waals surface area contributed by atoms with Crippen molar-refractivity contribution in [1.29, 1.82) is 0 Å². The van der Waals surface area contributed by atoms with Crippen molar-refractivity contribution in [3.05, 3.63) is 66.0 Å². The van der Waals surface area contributed by atoms with Crippen molar-refractivity contribution in [1.82, 2.24) is 10.3 Å². The van der Waals surface area contributed by atoms with Gasteiger partial charge in [0.1, 0.15) is 5.75 Å². The molecule has 0 aliphatic carbocycles. The predicted molar refractivity (Wildman–Crippen MR) is 82.9 cm³/mol. The molecule has 1 atom stereocenters. The molecule has 0 radical (unpaired) electrons. The van der Waals surface area contributed by atoms with Crippen LogP contribution < -0.4 is 10.1 Å². The molecule has 1 aromatic heterocycles. The van der Waals surface area contributed by atoms with Crippen molar-refractivity contribution in [2.24, 2.45) is 0 Å². The average Bonchev–Trinajstić information content (AvgIpc) is 2.54. The topological polar surface area (TPSA) is 51.2 Å². The number of hydrogen-bond acceptors (Lipinski definition) is 3. The lowest BCUT2D eigenvalue weighted by atomic mass is 10.1. The van der Waals surface area contributed by atoms with E-state index in [9.17, 15) is 13.6 Å². The van der Waals surface area contributed by atoms with Gasteiger partial charge < -0.3 is 10.1 Å². The van der Waals surface area contributed by atoms with Gasteiger partial charge in [-0.2, -0.15) is 8.78 Å². The molecule has 6 heteroatoms. The zero-order valence-electron chi connectivity index (χ0n) is 12.4. The normalized spacial score (nSPS) is 12.3. The fourth-order valence-electron chi connectivity index (χ4n) is 2.03. The van der Waals surface area contributed by atoms with Gasteiger partial charge in [-0.25, -0.2) is 0 Å². The summed E-state index contributed by atoms with van der Waals surface area (Å²) in [7, 11) is 0. The van der Waals surface area contributed by atoms with E-state index in [-0.39, 0.29) is 11.7 Å². The Morgan fingerprint density at radius 3 is 2.74 bits per heavy atom. The summed E-state index contributed by atoms with van der Waals surface area (Å²) in [6, 6.07) is 9.46. The molecular formula is C17H16F2N2O2. The molecule has 1 heterocycles. The van der Waals surface area contributed by atoms with Crippen LogP contribution in [0, 0.1) is 0 Å². The highest BCUT2D eigenvalue weighted by Gasteiger charge is 2.15. The molecule has 0 bridgehead atoms. The van der Waals surface area contributed by atoms with Crippen LogP contribution in [0.1, 0.15) is 24.1 Å². The smallest absolute Gasteiger partial charge is 0.387 e. The summed E-state index contributed by atoms with van der Waals surface area (Å²) in [5.41, 5.74) is 1.27. The number of halogens is 2. The third-order valence-electron chi connectivity index (χ3n) is 3.07. The van der Waals surface area contributed by atoms with E-state index in [0.717, 1.165) is 5.56 Å². The Hall–Kier alpha value is -2.76. The van der Waals surface area contributed by atoms with Crippen molar-refractivity contribution in [2.45, 2.75) is 19.6 Å². The molecule has 0 aliphatic heterocycles. The maximum atomic E-state index is 12.4. The van der Waals surface area contributed by atoms with Gasteiger partial charge in [0.2, 0.25) is 5.91 Å². The van der Waals surface area contributed by atoms with Crippen molar-refractivity contribution in [3.8, 4) is 5.75 Å². The van der Waals surface area contributed by atoms with Gasteiger partial charge >= 0.3 is 6.61 Å². The number of nitrogens with one attached hydrogen (secondary N) is 1. The number of aromatic nitrogens is 1. The fraction of sp³-hybridized carbons (Fsp3) is 0.176. The highest BCUT2D eigenvalue weighted by Crippen LogP contribution is 2.26. The number of benzene rings is 1. The molecule has 2 aromatic rings. The van der Waals surface area contributed by atoms with Crippen LogP contribution in [-0.2, 0) is 4.79 Å². The van der Waals surface area contributed by atoms with Crippen molar-refractivity contribution >= 4 is 12.0 Å². The second-order valence-corrected chi connectivity index (χ2v) is 4.77. The van der Waals surface area contributed by atoms with Gasteiger partial charge in [-0.3, -0.25) is 9.78 Å². The molecule has 2 rings (SSSR count). The Kier molecular flexibility index (Phi) is 5.80. The summed E-state index contributed by atoms with van der Waals surface area (Å²) in [5.74, 6) is -0.292. The highest BCUT2D eigenvalue weighted by molar-refractivity contribution is 5.91. The summed E-state index contributed by atoms with van der Waals surface area (Å²) in [5, 5.41) is 2.71. The van der Waals surface area contributed by atoms with E-state index in [4.69, 9.17) is 0 Å². The Bertz CT molecular complexity index is 675. The largest absolute Gasteiger partial charge is 0.434 e. The number of carbonyl (C=O) groups is 1. The van der Waals surface area contributed by atoms with E-state index in [0.29, 0.717) is 5.56 Å². The summed E-state index contributed by atoms with van der Waals surface area (Å²) in [6.45, 7) is -1.21. The minimum absolute atomic E-state index is 0.0477. The minimum atomic E-state index is -2.91.